The second-order valence-electron chi connectivity index (χ2n) is 23.0. The van der Waals surface area contributed by atoms with E-state index in [0.717, 1.165) is 21.1 Å². The topological polar surface area (TPSA) is 215 Å². The first-order chi connectivity index (χ1) is 36.7. The summed E-state index contributed by atoms with van der Waals surface area (Å²) in [7, 11) is -0.259. The SMILES string of the molecule is CC1(C)[B]B(B2OC(C)(C)C(C)(C)O2)OC1(C)C.CNC(=O)c1c2cc(B3OC(C)(C)C(C)(C)O3)c(N(C)S(C)(=O)=O)cc2nn1-c1ccc(F)cc1.CNC(=O)c1c2cc(Br)c(N(C)S(C)(=O)=O)cc2nn1-c1ccc(F)cc1. The van der Waals surface area contributed by atoms with E-state index < -0.39 is 55.9 Å². The van der Waals surface area contributed by atoms with Crippen LogP contribution < -0.4 is 24.7 Å². The Hall–Kier alpha value is -5.34. The van der Waals surface area contributed by atoms with Gasteiger partial charge in [-0.25, -0.2) is 35.0 Å². The number of amides is 2. The van der Waals surface area contributed by atoms with Gasteiger partial charge in [-0.15, -0.1) is 0 Å². The number of hydrogen-bond acceptors (Lipinski definition) is 13. The highest BCUT2D eigenvalue weighted by atomic mass is 79.9. The zero-order valence-corrected chi connectivity index (χ0v) is 51.6. The van der Waals surface area contributed by atoms with Crippen LogP contribution in [0.3, 0.4) is 0 Å². The molecule has 3 fully saturated rings. The number of sulfonamides is 2. The van der Waals surface area contributed by atoms with Crippen molar-refractivity contribution < 1.29 is 58.5 Å². The summed E-state index contributed by atoms with van der Waals surface area (Å²) in [5.41, 5.74) is 1.23. The molecule has 0 aliphatic carbocycles. The molecular formula is C52H68B4BrF2N8O11S2. The molecule has 4 aromatic carbocycles. The number of carbonyl (C=O) groups is 2. The average Bonchev–Trinajstić information content (AvgIpc) is 4.32. The Balaban J connectivity index is 0.000000183. The molecule has 0 atom stereocenters. The van der Waals surface area contributed by atoms with Gasteiger partial charge in [-0.2, -0.15) is 10.2 Å². The molecule has 1 radical (unpaired) electrons. The second kappa shape index (κ2) is 21.8. The van der Waals surface area contributed by atoms with Crippen LogP contribution in [0, 0.1) is 11.6 Å². The lowest BCUT2D eigenvalue weighted by Gasteiger charge is -2.35. The molecule has 3 aliphatic rings. The van der Waals surface area contributed by atoms with Gasteiger partial charge >= 0.3 is 14.1 Å². The highest BCUT2D eigenvalue weighted by molar-refractivity contribution is 9.10. The number of anilines is 2. The number of fused-ring (bicyclic) bond motifs is 2. The zero-order chi connectivity index (χ0) is 59.8. The summed E-state index contributed by atoms with van der Waals surface area (Å²) in [5.74, 6) is -1.62. The summed E-state index contributed by atoms with van der Waals surface area (Å²) < 4.78 is 112. The summed E-state index contributed by atoms with van der Waals surface area (Å²) in [4.78, 5) is 25.4. The van der Waals surface area contributed by atoms with Crippen molar-refractivity contribution in [3.63, 3.8) is 0 Å². The number of hydrogen-bond donors (Lipinski definition) is 2. The molecule has 19 nitrogen and oxygen atoms in total. The first-order valence-electron chi connectivity index (χ1n) is 25.6. The van der Waals surface area contributed by atoms with Crippen LogP contribution >= 0.6 is 15.9 Å². The maximum Gasteiger partial charge on any atom is 0.497 e. The monoisotopic (exact) mass is 1210 g/mol. The number of aromatic nitrogens is 4. The molecule has 427 valence electrons. The van der Waals surface area contributed by atoms with E-state index in [1.807, 2.05) is 27.7 Å². The minimum absolute atomic E-state index is 0.0151. The van der Waals surface area contributed by atoms with Crippen LogP contribution in [0.15, 0.2) is 77.3 Å². The Morgan fingerprint density at radius 2 is 0.963 bits per heavy atom. The smallest absolute Gasteiger partial charge is 0.442 e. The van der Waals surface area contributed by atoms with Crippen LogP contribution in [0.4, 0.5) is 20.2 Å². The molecule has 5 heterocycles. The molecule has 9 rings (SSSR count). The van der Waals surface area contributed by atoms with Crippen LogP contribution in [0.2, 0.25) is 5.31 Å². The molecule has 0 unspecified atom stereocenters. The van der Waals surface area contributed by atoms with E-state index in [9.17, 15) is 35.2 Å². The Morgan fingerprint density at radius 1 is 0.588 bits per heavy atom. The van der Waals surface area contributed by atoms with Crippen molar-refractivity contribution >= 4 is 114 Å². The van der Waals surface area contributed by atoms with Crippen molar-refractivity contribution in [1.29, 1.82) is 0 Å². The summed E-state index contributed by atoms with van der Waals surface area (Å²) in [6, 6.07) is 17.6. The minimum atomic E-state index is -3.65. The maximum absolute atomic E-state index is 13.5. The van der Waals surface area contributed by atoms with E-state index in [1.165, 1.54) is 86.1 Å². The van der Waals surface area contributed by atoms with Gasteiger partial charge in [0, 0.05) is 54.5 Å². The Labute approximate surface area is 477 Å². The van der Waals surface area contributed by atoms with Gasteiger partial charge in [0.05, 0.1) is 68.7 Å². The fraction of sp³-hybridized carbons (Fsp3) is 0.462. The summed E-state index contributed by atoms with van der Waals surface area (Å²) in [5, 5.41) is 15.2. The fourth-order valence-electron chi connectivity index (χ4n) is 8.77. The third-order valence-corrected chi connectivity index (χ3v) is 18.9. The van der Waals surface area contributed by atoms with Crippen LogP contribution in [0.5, 0.6) is 0 Å². The molecule has 3 aliphatic heterocycles. The van der Waals surface area contributed by atoms with E-state index in [4.69, 9.17) is 23.3 Å². The van der Waals surface area contributed by atoms with E-state index >= 15 is 0 Å². The van der Waals surface area contributed by atoms with Crippen molar-refractivity contribution in [3.05, 3.63) is 100 Å². The van der Waals surface area contributed by atoms with Gasteiger partial charge in [0.1, 0.15) is 30.2 Å². The zero-order valence-electron chi connectivity index (χ0n) is 48.4. The fourth-order valence-corrected chi connectivity index (χ4v) is 10.5. The molecule has 6 aromatic rings. The Morgan fingerprint density at radius 3 is 1.34 bits per heavy atom. The first kappa shape index (κ1) is 62.3. The molecule has 0 bridgehead atoms. The molecule has 80 heavy (non-hydrogen) atoms. The molecule has 2 amide bonds. The van der Waals surface area contributed by atoms with Crippen molar-refractivity contribution in [2.75, 3.05) is 49.3 Å². The van der Waals surface area contributed by atoms with E-state index in [1.54, 1.807) is 24.3 Å². The second-order valence-corrected chi connectivity index (χ2v) is 27.9. The maximum atomic E-state index is 13.5. The lowest BCUT2D eigenvalue weighted by atomic mass is 9.11. The third kappa shape index (κ3) is 12.1. The quantitative estimate of drug-likeness (QED) is 0.129. The van der Waals surface area contributed by atoms with Crippen molar-refractivity contribution in [2.45, 2.75) is 116 Å². The molecule has 0 saturated carbocycles. The van der Waals surface area contributed by atoms with Crippen LogP contribution in [0.25, 0.3) is 33.2 Å². The number of rotatable bonds is 10. The van der Waals surface area contributed by atoms with Gasteiger partial charge < -0.3 is 33.9 Å². The highest BCUT2D eigenvalue weighted by Crippen LogP contribution is 2.48. The molecule has 2 aromatic heterocycles. The first-order valence-corrected chi connectivity index (χ1v) is 30.0. The Kier molecular flexibility index (Phi) is 16.9. The summed E-state index contributed by atoms with van der Waals surface area (Å²) in [6.45, 7) is 24.4. The molecule has 28 heteroatoms. The average molecular weight is 1210 g/mol. The van der Waals surface area contributed by atoms with Gasteiger partial charge in [0.15, 0.2) is 0 Å². The van der Waals surface area contributed by atoms with Gasteiger partial charge in [-0.3, -0.25) is 18.2 Å². The van der Waals surface area contributed by atoms with E-state index in [2.05, 4.69) is 99.3 Å². The van der Waals surface area contributed by atoms with Crippen molar-refractivity contribution in [1.82, 2.24) is 30.2 Å². The largest absolute Gasteiger partial charge is 0.497 e. The van der Waals surface area contributed by atoms with Crippen molar-refractivity contribution in [2.24, 2.45) is 0 Å². The predicted octanol–water partition coefficient (Wildman–Crippen LogP) is 7.26. The normalized spacial score (nSPS) is 18.5. The molecule has 3 saturated heterocycles. The lowest BCUT2D eigenvalue weighted by Crippen LogP contribution is -2.44. The van der Waals surface area contributed by atoms with Gasteiger partial charge in [0.25, 0.3) is 18.5 Å². The van der Waals surface area contributed by atoms with Gasteiger partial charge in [-0.1, -0.05) is 13.8 Å². The van der Waals surface area contributed by atoms with Gasteiger partial charge in [0.2, 0.25) is 20.0 Å². The summed E-state index contributed by atoms with van der Waals surface area (Å²) >= 11 is 3.37. The number of halogens is 3. The van der Waals surface area contributed by atoms with Crippen LogP contribution in [-0.4, -0.2) is 145 Å². The molecule has 0 spiro atoms. The number of nitrogens with zero attached hydrogens (tertiary/aromatic N) is 6. The third-order valence-electron chi connectivity index (χ3n) is 15.9. The van der Waals surface area contributed by atoms with Crippen LogP contribution in [-0.2, 0) is 43.3 Å². The van der Waals surface area contributed by atoms with Crippen molar-refractivity contribution in [3.8, 4) is 11.4 Å². The molecule has 2 N–H and O–H groups in total. The van der Waals surface area contributed by atoms with E-state index in [0.29, 0.717) is 54.5 Å². The minimum Gasteiger partial charge on any atom is -0.442 e. The molecular weight excluding hydrogens is 1140 g/mol. The van der Waals surface area contributed by atoms with Crippen LogP contribution in [0.1, 0.15) is 104 Å². The number of carbonyl (C=O) groups excluding carboxylic acids is 2. The Bertz CT molecular complexity index is 3520. The number of benzene rings is 4. The highest BCUT2D eigenvalue weighted by Gasteiger charge is 2.61. The number of nitrogens with one attached hydrogen (secondary N) is 2. The van der Waals surface area contributed by atoms with Gasteiger partial charge in [-0.05, 0) is 163 Å². The lowest BCUT2D eigenvalue weighted by molar-refractivity contribution is 0.00578. The predicted molar refractivity (Wildman–Crippen MR) is 316 cm³/mol. The summed E-state index contributed by atoms with van der Waals surface area (Å²) in [6.07, 6.45) is 2.19. The standard InChI is InChI=1S/C23H28BFN4O5S.C17H16BrFN4O3S.C12H24B3O3/c1-22(2)23(3,4)34-24(33-22)17-12-16-18(13-19(17)28(6)35(7,31)32)27-29(20(16)21(30)26-5)15-10-8-14(25)9-11-15;1-20-17(24)16-12-8-13(18)15(22(2)27(3,25)26)9-14(12)21-23(16)11-6-4-10(19)5-7-11;1-9(2)10(3,4)16-14(13-9)15-17-11(5,6)12(7,8)18-15/h8-13H,1-7H3,(H,26,30);4-9H,1-3H3,(H,20,24);1-8H3. The van der Waals surface area contributed by atoms with E-state index in [-0.39, 0.29) is 53.1 Å².